The van der Waals surface area contributed by atoms with E-state index < -0.39 is 5.97 Å². The molecule has 28 heavy (non-hydrogen) atoms. The number of carbonyl (C=O) groups excluding carboxylic acids is 1. The van der Waals surface area contributed by atoms with Gasteiger partial charge in [0.25, 0.3) is 0 Å². The lowest BCUT2D eigenvalue weighted by Gasteiger charge is -2.14. The molecule has 7 nitrogen and oxygen atoms in total. The van der Waals surface area contributed by atoms with Crippen molar-refractivity contribution >= 4 is 41.0 Å². The van der Waals surface area contributed by atoms with Crippen molar-refractivity contribution in [2.75, 3.05) is 0 Å². The fraction of sp³-hybridized carbons (Fsp3) is 0.263. The third-order valence-electron chi connectivity index (χ3n) is 4.37. The van der Waals surface area contributed by atoms with Gasteiger partial charge in [-0.1, -0.05) is 47.2 Å². The third kappa shape index (κ3) is 4.76. The van der Waals surface area contributed by atoms with Crippen LogP contribution in [0.15, 0.2) is 46.3 Å². The van der Waals surface area contributed by atoms with Crippen molar-refractivity contribution < 1.29 is 14.7 Å². The molecule has 9 heteroatoms. The smallest absolute Gasteiger partial charge is 0.335 e. The predicted molar refractivity (Wildman–Crippen MR) is 108 cm³/mol. The number of nitrogens with zero attached hydrogens (tertiary/aromatic N) is 2. The van der Waals surface area contributed by atoms with Crippen LogP contribution < -0.4 is 10.3 Å². The lowest BCUT2D eigenvalue weighted by atomic mass is 9.94. The Hall–Kier alpha value is -2.71. The molecule has 2 N–H and O–H groups in total. The average Bonchev–Trinajstić information content (AvgIpc) is 2.96. The first kappa shape index (κ1) is 20.0. The van der Waals surface area contributed by atoms with Crippen LogP contribution in [0, 0.1) is 5.92 Å². The molecule has 0 radical (unpaired) electrons. The van der Waals surface area contributed by atoms with Crippen molar-refractivity contribution in [1.29, 1.82) is 0 Å². The molecule has 0 spiro atoms. The van der Waals surface area contributed by atoms with Crippen molar-refractivity contribution in [3.63, 3.8) is 0 Å². The molecule has 1 aliphatic rings. The van der Waals surface area contributed by atoms with E-state index in [9.17, 15) is 14.4 Å². The van der Waals surface area contributed by atoms with Gasteiger partial charge >= 0.3 is 10.8 Å². The summed E-state index contributed by atoms with van der Waals surface area (Å²) >= 11 is 7.20. The largest absolute Gasteiger partial charge is 0.478 e. The van der Waals surface area contributed by atoms with Crippen LogP contribution in [0.3, 0.4) is 0 Å². The van der Waals surface area contributed by atoms with Crippen molar-refractivity contribution in [3.05, 3.63) is 67.2 Å². The first-order valence-corrected chi connectivity index (χ1v) is 9.84. The first-order valence-electron chi connectivity index (χ1n) is 8.65. The van der Waals surface area contributed by atoms with Crippen molar-refractivity contribution in [1.82, 2.24) is 9.99 Å². The Morgan fingerprint density at radius 2 is 2.21 bits per heavy atom. The number of allylic oxidation sites excluding steroid dienone is 2. The highest BCUT2D eigenvalue weighted by atomic mass is 35.5. The Kier molecular flexibility index (Phi) is 6.43. The summed E-state index contributed by atoms with van der Waals surface area (Å²) in [5.41, 5.74) is 3.27. The molecule has 1 aromatic carbocycles. The van der Waals surface area contributed by atoms with E-state index in [1.807, 2.05) is 6.08 Å². The number of hydrazone groups is 1. The van der Waals surface area contributed by atoms with Gasteiger partial charge in [-0.3, -0.25) is 14.2 Å². The fourth-order valence-electron chi connectivity index (χ4n) is 2.88. The van der Waals surface area contributed by atoms with Gasteiger partial charge in [-0.05, 0) is 37.0 Å². The number of carboxylic acid groups (broad SMARTS) is 1. The second kappa shape index (κ2) is 8.99. The highest BCUT2D eigenvalue weighted by Crippen LogP contribution is 2.20. The summed E-state index contributed by atoms with van der Waals surface area (Å²) in [4.78, 5) is 35.5. The molecule has 3 rings (SSSR count). The quantitative estimate of drug-likeness (QED) is 0.426. The number of aromatic nitrogens is 1. The van der Waals surface area contributed by atoms with Crippen LogP contribution in [0.2, 0.25) is 5.15 Å². The maximum atomic E-state index is 12.3. The molecule has 1 atom stereocenters. The number of rotatable bonds is 6. The summed E-state index contributed by atoms with van der Waals surface area (Å²) in [6.07, 6.45) is 7.76. The van der Waals surface area contributed by atoms with Gasteiger partial charge in [0.2, 0.25) is 5.91 Å². The van der Waals surface area contributed by atoms with Gasteiger partial charge in [0.05, 0.1) is 23.2 Å². The van der Waals surface area contributed by atoms with E-state index in [4.69, 9.17) is 16.7 Å². The lowest BCUT2D eigenvalue weighted by molar-refractivity contribution is -0.125. The molecule has 0 bridgehead atoms. The molecule has 1 aliphatic carbocycles. The minimum Gasteiger partial charge on any atom is -0.478 e. The van der Waals surface area contributed by atoms with Gasteiger partial charge in [-0.25, -0.2) is 10.2 Å². The third-order valence-corrected chi connectivity index (χ3v) is 5.80. The van der Waals surface area contributed by atoms with Gasteiger partial charge in [0.15, 0.2) is 0 Å². The molecular weight excluding hydrogens is 402 g/mol. The monoisotopic (exact) mass is 419 g/mol. The molecule has 0 saturated carbocycles. The highest BCUT2D eigenvalue weighted by molar-refractivity contribution is 7.11. The van der Waals surface area contributed by atoms with Crippen LogP contribution >= 0.6 is 22.9 Å². The molecule has 1 amide bonds. The Morgan fingerprint density at radius 3 is 2.93 bits per heavy atom. The normalized spacial score (nSPS) is 16.4. The number of amides is 1. The van der Waals surface area contributed by atoms with E-state index in [0.717, 1.165) is 24.2 Å². The van der Waals surface area contributed by atoms with Crippen molar-refractivity contribution in [2.45, 2.75) is 25.8 Å². The topological polar surface area (TPSA) is 101 Å². The lowest BCUT2D eigenvalue weighted by Crippen LogP contribution is -2.27. The molecule has 0 unspecified atom stereocenters. The van der Waals surface area contributed by atoms with Crippen LogP contribution in [-0.4, -0.2) is 27.8 Å². The Bertz CT molecular complexity index is 1010. The van der Waals surface area contributed by atoms with Crippen LogP contribution in [-0.2, 0) is 11.3 Å². The first-order chi connectivity index (χ1) is 13.5. The Balaban J connectivity index is 1.70. The summed E-state index contributed by atoms with van der Waals surface area (Å²) in [5.74, 6) is -1.29. The van der Waals surface area contributed by atoms with E-state index in [1.165, 1.54) is 22.9 Å². The van der Waals surface area contributed by atoms with Crippen LogP contribution in [0.5, 0.6) is 0 Å². The van der Waals surface area contributed by atoms with Gasteiger partial charge in [-0.15, -0.1) is 0 Å². The van der Waals surface area contributed by atoms with Crippen molar-refractivity contribution in [2.24, 2.45) is 11.0 Å². The Labute approximate surface area is 170 Å². The average molecular weight is 420 g/mol. The number of thiazole rings is 1. The predicted octanol–water partition coefficient (Wildman–Crippen LogP) is 3.12. The molecule has 0 saturated heterocycles. The van der Waals surface area contributed by atoms with E-state index in [0.29, 0.717) is 16.9 Å². The van der Waals surface area contributed by atoms with Crippen LogP contribution in [0.1, 0.15) is 40.1 Å². The zero-order chi connectivity index (χ0) is 20.1. The maximum absolute atomic E-state index is 12.3. The molecular formula is C19H18ClN3O4S. The number of hydrogen-bond acceptors (Lipinski definition) is 5. The number of nitrogens with one attached hydrogen (secondary N) is 1. The maximum Gasteiger partial charge on any atom is 0.335 e. The second-order valence-electron chi connectivity index (χ2n) is 6.33. The molecule has 146 valence electrons. The van der Waals surface area contributed by atoms with E-state index in [2.05, 4.69) is 16.6 Å². The zero-order valence-electron chi connectivity index (χ0n) is 14.8. The highest BCUT2D eigenvalue weighted by Gasteiger charge is 2.18. The molecule has 0 aliphatic heterocycles. The summed E-state index contributed by atoms with van der Waals surface area (Å²) < 4.78 is 1.34. The van der Waals surface area contributed by atoms with Gasteiger partial charge in [0.1, 0.15) is 5.15 Å². The zero-order valence-corrected chi connectivity index (χ0v) is 16.4. The minimum absolute atomic E-state index is 0.0949. The SMILES string of the molecule is O=C(O)c1cccc(Cn2c(Cl)c(/C=N\NC(=O)[C@H]3CC=CCC3)sc2=O)c1. The number of carbonyl (C=O) groups is 2. The fourth-order valence-corrected chi connectivity index (χ4v) is 3.99. The van der Waals surface area contributed by atoms with Crippen LogP contribution in [0.4, 0.5) is 0 Å². The number of carboxylic acids is 1. The van der Waals surface area contributed by atoms with Gasteiger partial charge in [-0.2, -0.15) is 5.10 Å². The number of hydrogen-bond donors (Lipinski definition) is 2. The minimum atomic E-state index is -1.04. The van der Waals surface area contributed by atoms with E-state index in [1.54, 1.807) is 12.1 Å². The standard InChI is InChI=1S/C19H18ClN3O4S/c20-16-15(10-21-22-17(24)13-6-2-1-3-7-13)28-19(27)23(16)11-12-5-4-8-14(9-12)18(25)26/h1-2,4-5,8-10,13H,3,6-7,11H2,(H,22,24)(H,25,26)/b21-10-/t13-/m0/s1. The molecule has 0 fully saturated rings. The number of halogens is 1. The summed E-state index contributed by atoms with van der Waals surface area (Å²) in [6, 6.07) is 6.31. The number of benzene rings is 1. The molecule has 1 heterocycles. The van der Waals surface area contributed by atoms with E-state index in [-0.39, 0.29) is 34.0 Å². The number of aromatic carboxylic acids is 1. The Morgan fingerprint density at radius 1 is 1.39 bits per heavy atom. The van der Waals surface area contributed by atoms with Crippen molar-refractivity contribution in [3.8, 4) is 0 Å². The summed E-state index contributed by atoms with van der Waals surface area (Å²) in [6.45, 7) is 0.143. The summed E-state index contributed by atoms with van der Waals surface area (Å²) in [5, 5.41) is 13.2. The van der Waals surface area contributed by atoms with Gasteiger partial charge < -0.3 is 5.11 Å². The van der Waals surface area contributed by atoms with Crippen LogP contribution in [0.25, 0.3) is 0 Å². The molecule has 2 aromatic rings. The molecule has 1 aromatic heterocycles. The van der Waals surface area contributed by atoms with Gasteiger partial charge in [0, 0.05) is 5.92 Å². The second-order valence-corrected chi connectivity index (χ2v) is 7.68. The summed E-state index contributed by atoms with van der Waals surface area (Å²) in [7, 11) is 0. The van der Waals surface area contributed by atoms with E-state index >= 15 is 0 Å².